The summed E-state index contributed by atoms with van der Waals surface area (Å²) in [6, 6.07) is 51.2. The van der Waals surface area contributed by atoms with Gasteiger partial charge in [-0.3, -0.25) is 9.47 Å². The van der Waals surface area contributed by atoms with E-state index in [1.807, 2.05) is 36.7 Å². The average molecular weight is 618 g/mol. The van der Waals surface area contributed by atoms with Gasteiger partial charge in [-0.1, -0.05) is 85.4 Å². The van der Waals surface area contributed by atoms with Crippen molar-refractivity contribution < 1.29 is 0 Å². The van der Waals surface area contributed by atoms with E-state index in [0.29, 0.717) is 0 Å². The minimum absolute atomic E-state index is 0.842. The predicted octanol–water partition coefficient (Wildman–Crippen LogP) is 11.2. The summed E-state index contributed by atoms with van der Waals surface area (Å²) >= 11 is 0. The molecule has 9 aromatic rings. The molecule has 0 aliphatic heterocycles. The molecule has 0 aliphatic carbocycles. The smallest absolute Gasteiger partial charge is 0.137 e. The van der Waals surface area contributed by atoms with Crippen LogP contribution in [0.25, 0.3) is 60.7 Å². The average Bonchev–Trinajstić information content (AvgIpc) is 3.65. The number of para-hydroxylation sites is 3. The monoisotopic (exact) mass is 617 g/mol. The number of fused-ring (bicyclic) bond motifs is 6. The fraction of sp³-hybridized carbons (Fsp3) is 0.0233. The van der Waals surface area contributed by atoms with Crippen molar-refractivity contribution in [1.82, 2.24) is 19.1 Å². The Bertz CT molecular complexity index is 2650. The second kappa shape index (κ2) is 11.1. The van der Waals surface area contributed by atoms with Gasteiger partial charge in [0.2, 0.25) is 0 Å². The molecule has 5 aromatic carbocycles. The summed E-state index contributed by atoms with van der Waals surface area (Å²) in [5.74, 6) is 1.74. The lowest BCUT2D eigenvalue weighted by Crippen LogP contribution is -2.13. The van der Waals surface area contributed by atoms with Gasteiger partial charge >= 0.3 is 0 Å². The summed E-state index contributed by atoms with van der Waals surface area (Å²) < 4.78 is 4.65. The first-order valence-corrected chi connectivity index (χ1v) is 16.1. The van der Waals surface area contributed by atoms with Crippen molar-refractivity contribution in [1.29, 1.82) is 0 Å². The zero-order valence-corrected chi connectivity index (χ0v) is 26.5. The van der Waals surface area contributed by atoms with Crippen LogP contribution in [-0.4, -0.2) is 19.1 Å². The molecule has 0 saturated heterocycles. The molecular formula is C43H31N5. The lowest BCUT2D eigenvalue weighted by atomic mass is 10.0. The number of hydrogen-bond donors (Lipinski definition) is 0. The molecule has 5 nitrogen and oxygen atoms in total. The van der Waals surface area contributed by atoms with Gasteiger partial charge in [0.1, 0.15) is 11.6 Å². The van der Waals surface area contributed by atoms with Crippen LogP contribution in [0, 0.1) is 0 Å². The quantitative estimate of drug-likeness (QED) is 0.186. The molecule has 0 spiro atoms. The van der Waals surface area contributed by atoms with Gasteiger partial charge in [0, 0.05) is 50.9 Å². The van der Waals surface area contributed by atoms with Gasteiger partial charge in [0.25, 0.3) is 0 Å². The van der Waals surface area contributed by atoms with Crippen LogP contribution in [0.15, 0.2) is 165 Å². The van der Waals surface area contributed by atoms with Crippen molar-refractivity contribution in [2.75, 3.05) is 4.90 Å². The number of hydrogen-bond acceptors (Lipinski definition) is 3. The molecule has 0 radical (unpaired) electrons. The summed E-state index contributed by atoms with van der Waals surface area (Å²) in [4.78, 5) is 11.8. The second-order valence-electron chi connectivity index (χ2n) is 12.1. The van der Waals surface area contributed by atoms with Crippen molar-refractivity contribution in [3.8, 4) is 11.5 Å². The van der Waals surface area contributed by atoms with Crippen molar-refractivity contribution >= 4 is 66.4 Å². The number of rotatable bonds is 6. The Labute approximate surface area is 278 Å². The van der Waals surface area contributed by atoms with Crippen LogP contribution in [-0.2, 0) is 0 Å². The highest BCUT2D eigenvalue weighted by atomic mass is 15.2. The Morgan fingerprint density at radius 2 is 1.15 bits per heavy atom. The number of anilines is 3. The van der Waals surface area contributed by atoms with Crippen LogP contribution in [0.1, 0.15) is 12.5 Å². The molecule has 0 unspecified atom stereocenters. The molecule has 0 N–H and O–H groups in total. The van der Waals surface area contributed by atoms with Gasteiger partial charge in [0.05, 0.1) is 27.8 Å². The van der Waals surface area contributed by atoms with Crippen molar-refractivity contribution in [2.24, 2.45) is 0 Å². The van der Waals surface area contributed by atoms with E-state index in [1.54, 1.807) is 0 Å². The van der Waals surface area contributed by atoms with Crippen molar-refractivity contribution in [2.45, 2.75) is 6.92 Å². The predicted molar refractivity (Wildman–Crippen MR) is 200 cm³/mol. The van der Waals surface area contributed by atoms with Gasteiger partial charge in [0.15, 0.2) is 0 Å². The fourth-order valence-corrected chi connectivity index (χ4v) is 7.12. The Hall–Kier alpha value is -6.46. The summed E-state index contributed by atoms with van der Waals surface area (Å²) in [6.07, 6.45) is 3.70. The van der Waals surface area contributed by atoms with E-state index in [1.165, 1.54) is 21.5 Å². The van der Waals surface area contributed by atoms with Crippen LogP contribution in [0.5, 0.6) is 0 Å². The second-order valence-corrected chi connectivity index (χ2v) is 12.1. The largest absolute Gasteiger partial charge is 0.309 e. The number of aromatic nitrogens is 4. The Kier molecular flexibility index (Phi) is 6.44. The van der Waals surface area contributed by atoms with Gasteiger partial charge < -0.3 is 4.57 Å². The summed E-state index contributed by atoms with van der Waals surface area (Å²) in [7, 11) is 0. The van der Waals surface area contributed by atoms with Crippen LogP contribution < -0.4 is 4.90 Å². The minimum Gasteiger partial charge on any atom is -0.309 e. The molecule has 0 aliphatic rings. The van der Waals surface area contributed by atoms with E-state index in [0.717, 1.165) is 61.9 Å². The molecular weight excluding hydrogens is 587 g/mol. The lowest BCUT2D eigenvalue weighted by molar-refractivity contribution is 1.08. The first-order chi connectivity index (χ1) is 23.7. The van der Waals surface area contributed by atoms with E-state index < -0.39 is 0 Å². The van der Waals surface area contributed by atoms with Gasteiger partial charge in [-0.05, 0) is 79.2 Å². The number of pyridine rings is 2. The third kappa shape index (κ3) is 4.32. The molecule has 0 bridgehead atoms. The third-order valence-corrected chi connectivity index (χ3v) is 9.19. The van der Waals surface area contributed by atoms with Gasteiger partial charge in [-0.2, -0.15) is 0 Å². The molecule has 4 heterocycles. The van der Waals surface area contributed by atoms with Crippen molar-refractivity contribution in [3.05, 3.63) is 170 Å². The summed E-state index contributed by atoms with van der Waals surface area (Å²) in [5, 5.41) is 4.79. The highest BCUT2D eigenvalue weighted by Gasteiger charge is 2.21. The molecule has 0 amide bonds. The van der Waals surface area contributed by atoms with Crippen LogP contribution in [0.2, 0.25) is 0 Å². The molecule has 5 heteroatoms. The number of benzene rings is 5. The maximum absolute atomic E-state index is 4.81. The van der Waals surface area contributed by atoms with Crippen molar-refractivity contribution in [3.63, 3.8) is 0 Å². The molecule has 0 saturated carbocycles. The molecule has 0 fully saturated rings. The minimum atomic E-state index is 0.842. The Morgan fingerprint density at radius 3 is 1.85 bits per heavy atom. The van der Waals surface area contributed by atoms with E-state index in [4.69, 9.17) is 9.97 Å². The maximum atomic E-state index is 4.81. The van der Waals surface area contributed by atoms with Gasteiger partial charge in [-0.15, -0.1) is 0 Å². The first-order valence-electron chi connectivity index (χ1n) is 16.1. The van der Waals surface area contributed by atoms with E-state index in [-0.39, 0.29) is 0 Å². The maximum Gasteiger partial charge on any atom is 0.137 e. The third-order valence-electron chi connectivity index (χ3n) is 9.19. The van der Waals surface area contributed by atoms with E-state index in [2.05, 4.69) is 149 Å². The standard InChI is InChI=1S/C43H31N5/c1-29(2)32-13-3-6-16-37(32)47(42-19-9-11-25-44-42)31-22-24-35-33-14-4-7-17-38(33)46(40(35)28-31)30-21-23-36-34-15-5-8-18-39(34)48(41(36)27-30)43-20-10-12-26-45-43/h3-28H,1H2,2H3. The van der Waals surface area contributed by atoms with Crippen LogP contribution in [0.3, 0.4) is 0 Å². The zero-order chi connectivity index (χ0) is 32.2. The van der Waals surface area contributed by atoms with Crippen LogP contribution in [0.4, 0.5) is 17.2 Å². The zero-order valence-electron chi connectivity index (χ0n) is 26.5. The Morgan fingerprint density at radius 1 is 0.542 bits per heavy atom. The highest BCUT2D eigenvalue weighted by molar-refractivity contribution is 6.12. The molecule has 0 atom stereocenters. The summed E-state index contributed by atoms with van der Waals surface area (Å²) in [6.45, 7) is 6.35. The van der Waals surface area contributed by atoms with E-state index in [9.17, 15) is 0 Å². The summed E-state index contributed by atoms with van der Waals surface area (Å²) in [5.41, 5.74) is 9.72. The fourth-order valence-electron chi connectivity index (χ4n) is 7.12. The SMILES string of the molecule is C=C(C)c1ccccc1N(c1ccc2c3ccccc3n(-c3ccc4c5ccccc5n(-c5ccccn5)c4c3)c2c1)c1ccccn1. The topological polar surface area (TPSA) is 38.9 Å². The normalized spacial score (nSPS) is 11.5. The highest BCUT2D eigenvalue weighted by Crippen LogP contribution is 2.42. The molecule has 228 valence electrons. The molecule has 9 rings (SSSR count). The molecule has 48 heavy (non-hydrogen) atoms. The first kappa shape index (κ1) is 27.8. The lowest BCUT2D eigenvalue weighted by Gasteiger charge is -2.27. The Balaban J connectivity index is 1.33. The van der Waals surface area contributed by atoms with E-state index >= 15 is 0 Å². The number of nitrogens with zero attached hydrogens (tertiary/aromatic N) is 5. The molecule has 4 aromatic heterocycles. The van der Waals surface area contributed by atoms with Crippen LogP contribution >= 0.6 is 0 Å². The number of allylic oxidation sites excluding steroid dienone is 1. The van der Waals surface area contributed by atoms with Gasteiger partial charge in [-0.25, -0.2) is 9.97 Å².